The number of carbonyl (C=O) groups excluding carboxylic acids is 1. The van der Waals surface area contributed by atoms with Gasteiger partial charge in [0.2, 0.25) is 6.23 Å². The second-order valence-corrected chi connectivity index (χ2v) is 3.71. The third-order valence-corrected chi connectivity index (χ3v) is 2.12. The number of nitrogens with zero attached hydrogens (tertiary/aromatic N) is 1. The summed E-state index contributed by atoms with van der Waals surface area (Å²) in [5, 5.41) is 0. The molecule has 1 unspecified atom stereocenters. The second-order valence-electron chi connectivity index (χ2n) is 3.71. The van der Waals surface area contributed by atoms with Crippen molar-refractivity contribution in [3.05, 3.63) is 0 Å². The number of hydrogen-bond donors (Lipinski definition) is 0. The SMILES string of the molecule is CCC[N+](C)(C)C(C)OC(C)=O.[Br-]. The van der Waals surface area contributed by atoms with Gasteiger partial charge in [-0.3, -0.25) is 9.28 Å². The second kappa shape index (κ2) is 6.38. The summed E-state index contributed by atoms with van der Waals surface area (Å²) in [4.78, 5) is 10.7. The van der Waals surface area contributed by atoms with Crippen LogP contribution in [-0.2, 0) is 9.53 Å². The Morgan fingerprint density at radius 2 is 1.92 bits per heavy atom. The molecule has 13 heavy (non-hydrogen) atoms. The molecular formula is C9H20BrNO2. The minimum atomic E-state index is -0.204. The number of carbonyl (C=O) groups is 1. The Bertz CT molecular complexity index is 160. The molecule has 0 rings (SSSR count). The highest BCUT2D eigenvalue weighted by atomic mass is 79.9. The fourth-order valence-corrected chi connectivity index (χ4v) is 1.14. The molecule has 0 bridgehead atoms. The Balaban J connectivity index is 0. The van der Waals surface area contributed by atoms with Crippen LogP contribution in [-0.4, -0.2) is 37.3 Å². The lowest BCUT2D eigenvalue weighted by Crippen LogP contribution is -3.00. The molecule has 0 aliphatic carbocycles. The van der Waals surface area contributed by atoms with Crippen LogP contribution >= 0.6 is 0 Å². The van der Waals surface area contributed by atoms with E-state index in [-0.39, 0.29) is 29.2 Å². The minimum Gasteiger partial charge on any atom is -1.00 e. The van der Waals surface area contributed by atoms with Gasteiger partial charge in [-0.05, 0) is 6.42 Å². The number of esters is 1. The van der Waals surface area contributed by atoms with E-state index in [1.54, 1.807) is 0 Å². The van der Waals surface area contributed by atoms with Crippen LogP contribution in [0.15, 0.2) is 0 Å². The van der Waals surface area contributed by atoms with Crippen molar-refractivity contribution in [1.29, 1.82) is 0 Å². The van der Waals surface area contributed by atoms with E-state index in [0.29, 0.717) is 0 Å². The first kappa shape index (κ1) is 15.4. The van der Waals surface area contributed by atoms with Crippen molar-refractivity contribution in [3.8, 4) is 0 Å². The predicted octanol–water partition coefficient (Wildman–Crippen LogP) is -1.61. The van der Waals surface area contributed by atoms with E-state index in [9.17, 15) is 4.79 Å². The van der Waals surface area contributed by atoms with Gasteiger partial charge < -0.3 is 21.7 Å². The van der Waals surface area contributed by atoms with Crippen LogP contribution in [0.3, 0.4) is 0 Å². The zero-order valence-electron chi connectivity index (χ0n) is 9.13. The maximum absolute atomic E-state index is 10.7. The fourth-order valence-electron chi connectivity index (χ4n) is 1.14. The average molecular weight is 254 g/mol. The van der Waals surface area contributed by atoms with Gasteiger partial charge in [-0.25, -0.2) is 0 Å². The van der Waals surface area contributed by atoms with Crippen molar-refractivity contribution in [2.45, 2.75) is 33.4 Å². The molecule has 0 amide bonds. The van der Waals surface area contributed by atoms with Crippen LogP contribution < -0.4 is 17.0 Å². The molecule has 1 atom stereocenters. The summed E-state index contributed by atoms with van der Waals surface area (Å²) in [6, 6.07) is 0. The van der Waals surface area contributed by atoms with Crippen LogP contribution in [0.1, 0.15) is 27.2 Å². The average Bonchev–Trinajstić information content (AvgIpc) is 1.85. The largest absolute Gasteiger partial charge is 1.00 e. The van der Waals surface area contributed by atoms with E-state index in [1.807, 2.05) is 6.92 Å². The molecule has 80 valence electrons. The lowest BCUT2D eigenvalue weighted by Gasteiger charge is -2.34. The zero-order chi connectivity index (χ0) is 9.78. The molecule has 0 aliphatic heterocycles. The van der Waals surface area contributed by atoms with Crippen LogP contribution in [0.25, 0.3) is 0 Å². The Labute approximate surface area is 91.4 Å². The number of rotatable bonds is 4. The molecule has 0 aromatic rings. The smallest absolute Gasteiger partial charge is 0.307 e. The van der Waals surface area contributed by atoms with E-state index >= 15 is 0 Å². The lowest BCUT2D eigenvalue weighted by molar-refractivity contribution is -0.932. The molecule has 0 spiro atoms. The highest BCUT2D eigenvalue weighted by Gasteiger charge is 2.24. The van der Waals surface area contributed by atoms with Gasteiger partial charge in [0.25, 0.3) is 0 Å². The summed E-state index contributed by atoms with van der Waals surface area (Å²) in [5.74, 6) is -0.204. The van der Waals surface area contributed by atoms with Crippen molar-refractivity contribution >= 4 is 5.97 Å². The third kappa shape index (κ3) is 6.05. The first-order valence-electron chi connectivity index (χ1n) is 4.40. The molecule has 0 aromatic heterocycles. The van der Waals surface area contributed by atoms with Crippen LogP contribution in [0.2, 0.25) is 0 Å². The molecule has 3 nitrogen and oxygen atoms in total. The van der Waals surface area contributed by atoms with E-state index in [1.165, 1.54) is 6.92 Å². The summed E-state index contributed by atoms with van der Waals surface area (Å²) in [5.41, 5.74) is 0. The maximum Gasteiger partial charge on any atom is 0.307 e. The molecule has 0 saturated heterocycles. The molecule has 0 N–H and O–H groups in total. The van der Waals surface area contributed by atoms with E-state index in [2.05, 4.69) is 21.0 Å². The molecule has 0 aromatic carbocycles. The summed E-state index contributed by atoms with van der Waals surface area (Å²) >= 11 is 0. The van der Waals surface area contributed by atoms with Gasteiger partial charge in [-0.2, -0.15) is 0 Å². The zero-order valence-corrected chi connectivity index (χ0v) is 10.7. The Morgan fingerprint density at radius 1 is 1.46 bits per heavy atom. The molecule has 4 heteroatoms. The van der Waals surface area contributed by atoms with Gasteiger partial charge in [0.05, 0.1) is 20.6 Å². The monoisotopic (exact) mass is 253 g/mol. The van der Waals surface area contributed by atoms with Gasteiger partial charge >= 0.3 is 5.97 Å². The standard InChI is InChI=1S/C9H20NO2.BrH/c1-6-7-10(4,5)8(2)12-9(3)11;/h8H,6-7H2,1-5H3;1H/q+1;/p-1. The summed E-state index contributed by atoms with van der Waals surface area (Å²) in [6.07, 6.45) is 1.04. The van der Waals surface area contributed by atoms with Crippen molar-refractivity contribution in [2.75, 3.05) is 20.6 Å². The van der Waals surface area contributed by atoms with Crippen molar-refractivity contribution in [2.24, 2.45) is 0 Å². The van der Waals surface area contributed by atoms with Gasteiger partial charge in [0.1, 0.15) is 0 Å². The fraction of sp³-hybridized carbons (Fsp3) is 0.889. The van der Waals surface area contributed by atoms with E-state index in [0.717, 1.165) is 17.4 Å². The van der Waals surface area contributed by atoms with E-state index in [4.69, 9.17) is 4.74 Å². The third-order valence-electron chi connectivity index (χ3n) is 2.12. The summed E-state index contributed by atoms with van der Waals surface area (Å²) < 4.78 is 5.83. The molecule has 0 fully saturated rings. The summed E-state index contributed by atoms with van der Waals surface area (Å²) in [7, 11) is 4.13. The minimum absolute atomic E-state index is 0. The van der Waals surface area contributed by atoms with Crippen molar-refractivity contribution < 1.29 is 31.0 Å². The molecule has 0 radical (unpaired) electrons. The van der Waals surface area contributed by atoms with E-state index < -0.39 is 0 Å². The molecule has 0 aliphatic rings. The van der Waals surface area contributed by atoms with Crippen LogP contribution in [0.5, 0.6) is 0 Å². The number of hydrogen-bond acceptors (Lipinski definition) is 2. The predicted molar refractivity (Wildman–Crippen MR) is 48.5 cm³/mol. The number of halogens is 1. The number of ether oxygens (including phenoxy) is 1. The highest BCUT2D eigenvalue weighted by Crippen LogP contribution is 2.08. The summed E-state index contributed by atoms with van der Waals surface area (Å²) in [6.45, 7) is 6.52. The highest BCUT2D eigenvalue weighted by molar-refractivity contribution is 5.65. The quantitative estimate of drug-likeness (QED) is 0.343. The van der Waals surface area contributed by atoms with Crippen LogP contribution in [0.4, 0.5) is 0 Å². The normalized spacial score (nSPS) is 13.0. The van der Waals surface area contributed by atoms with Crippen molar-refractivity contribution in [1.82, 2.24) is 0 Å². The first-order valence-corrected chi connectivity index (χ1v) is 4.40. The van der Waals surface area contributed by atoms with Gasteiger partial charge in [0, 0.05) is 13.8 Å². The molecule has 0 heterocycles. The lowest BCUT2D eigenvalue weighted by atomic mass is 10.3. The number of quaternary nitrogens is 1. The Morgan fingerprint density at radius 3 is 2.23 bits per heavy atom. The van der Waals surface area contributed by atoms with Gasteiger partial charge in [-0.1, -0.05) is 6.92 Å². The van der Waals surface area contributed by atoms with Crippen molar-refractivity contribution in [3.63, 3.8) is 0 Å². The van der Waals surface area contributed by atoms with Gasteiger partial charge in [-0.15, -0.1) is 0 Å². The first-order chi connectivity index (χ1) is 5.40. The van der Waals surface area contributed by atoms with Gasteiger partial charge in [0.15, 0.2) is 0 Å². The maximum atomic E-state index is 10.7. The molecular weight excluding hydrogens is 234 g/mol. The van der Waals surface area contributed by atoms with Crippen LogP contribution in [0, 0.1) is 0 Å². The Kier molecular flexibility index (Phi) is 7.55. The molecule has 0 saturated carbocycles. The Hall–Kier alpha value is -0.0900. The topological polar surface area (TPSA) is 26.3 Å².